The molecule has 2 heterocycles. The fraction of sp³-hybridized carbons (Fsp3) is 0.438. The highest BCUT2D eigenvalue weighted by molar-refractivity contribution is 9.10. The molecule has 0 bridgehead atoms. The SMILES string of the molecule is Cl.NCC1CCN(C(=O)CCn2cnc3ccc(Br)cc3c2=O)C1. The van der Waals surface area contributed by atoms with Crippen molar-refractivity contribution < 1.29 is 4.79 Å². The third kappa shape index (κ3) is 3.96. The molecule has 1 aliphatic rings. The lowest BCUT2D eigenvalue weighted by atomic mass is 10.1. The molecule has 1 unspecified atom stereocenters. The highest BCUT2D eigenvalue weighted by atomic mass is 79.9. The number of fused-ring (bicyclic) bond motifs is 1. The molecule has 1 amide bonds. The maximum absolute atomic E-state index is 12.5. The average molecular weight is 416 g/mol. The number of amides is 1. The van der Waals surface area contributed by atoms with Crippen LogP contribution in [0.5, 0.6) is 0 Å². The Labute approximate surface area is 154 Å². The molecule has 1 aromatic carbocycles. The highest BCUT2D eigenvalue weighted by Gasteiger charge is 2.24. The zero-order valence-corrected chi connectivity index (χ0v) is 15.6. The van der Waals surface area contributed by atoms with Gasteiger partial charge in [-0.15, -0.1) is 12.4 Å². The third-order valence-electron chi connectivity index (χ3n) is 4.32. The van der Waals surface area contributed by atoms with Gasteiger partial charge in [-0.3, -0.25) is 14.2 Å². The van der Waals surface area contributed by atoms with E-state index in [0.717, 1.165) is 24.0 Å². The Morgan fingerprint density at radius 3 is 2.92 bits per heavy atom. The number of nitrogens with zero attached hydrogens (tertiary/aromatic N) is 3. The standard InChI is InChI=1S/C16H19BrN4O2.ClH/c17-12-1-2-14-13(7-12)16(23)21(10-19-14)6-4-15(22)20-5-3-11(8-18)9-20;/h1-2,7,10-11H,3-6,8-9,18H2;1H. The number of aryl methyl sites for hydroxylation is 1. The molecule has 1 aliphatic heterocycles. The Bertz CT molecular complexity index is 795. The summed E-state index contributed by atoms with van der Waals surface area (Å²) >= 11 is 3.36. The van der Waals surface area contributed by atoms with E-state index in [1.54, 1.807) is 12.1 Å². The lowest BCUT2D eigenvalue weighted by Crippen LogP contribution is -2.31. The first-order chi connectivity index (χ1) is 11.1. The fourth-order valence-electron chi connectivity index (χ4n) is 2.92. The Morgan fingerprint density at radius 1 is 1.42 bits per heavy atom. The van der Waals surface area contributed by atoms with Gasteiger partial charge in [0.25, 0.3) is 5.56 Å². The molecule has 2 N–H and O–H groups in total. The summed E-state index contributed by atoms with van der Waals surface area (Å²) in [5.41, 5.74) is 6.19. The van der Waals surface area contributed by atoms with Crippen LogP contribution in [0.2, 0.25) is 0 Å². The summed E-state index contributed by atoms with van der Waals surface area (Å²) in [6.45, 7) is 2.45. The number of rotatable bonds is 4. The Balaban J connectivity index is 0.00000208. The van der Waals surface area contributed by atoms with Crippen molar-refractivity contribution >= 4 is 45.1 Å². The first-order valence-corrected chi connectivity index (χ1v) is 8.50. The van der Waals surface area contributed by atoms with Gasteiger partial charge in [-0.2, -0.15) is 0 Å². The van der Waals surface area contributed by atoms with Crippen molar-refractivity contribution in [2.75, 3.05) is 19.6 Å². The topological polar surface area (TPSA) is 81.2 Å². The Morgan fingerprint density at radius 2 is 2.21 bits per heavy atom. The zero-order valence-electron chi connectivity index (χ0n) is 13.2. The van der Waals surface area contributed by atoms with Crippen LogP contribution in [0.4, 0.5) is 0 Å². The minimum atomic E-state index is -0.120. The molecule has 0 radical (unpaired) electrons. The van der Waals surface area contributed by atoms with Crippen LogP contribution in [0.1, 0.15) is 12.8 Å². The lowest BCUT2D eigenvalue weighted by molar-refractivity contribution is -0.130. The average Bonchev–Trinajstić information content (AvgIpc) is 3.04. The molecule has 1 atom stereocenters. The van der Waals surface area contributed by atoms with E-state index in [2.05, 4.69) is 20.9 Å². The molecule has 3 rings (SSSR count). The van der Waals surface area contributed by atoms with E-state index < -0.39 is 0 Å². The largest absolute Gasteiger partial charge is 0.342 e. The number of aromatic nitrogens is 2. The minimum absolute atomic E-state index is 0. The van der Waals surface area contributed by atoms with Gasteiger partial charge in [0.05, 0.1) is 17.2 Å². The number of hydrogen-bond acceptors (Lipinski definition) is 4. The molecule has 0 aliphatic carbocycles. The predicted octanol–water partition coefficient (Wildman–Crippen LogP) is 1.78. The minimum Gasteiger partial charge on any atom is -0.342 e. The smallest absolute Gasteiger partial charge is 0.261 e. The maximum Gasteiger partial charge on any atom is 0.261 e. The van der Waals surface area contributed by atoms with Crippen LogP contribution in [0.3, 0.4) is 0 Å². The van der Waals surface area contributed by atoms with Crippen molar-refractivity contribution in [2.45, 2.75) is 19.4 Å². The van der Waals surface area contributed by atoms with Crippen LogP contribution < -0.4 is 11.3 Å². The second-order valence-corrected chi connectivity index (χ2v) is 6.80. The van der Waals surface area contributed by atoms with Gasteiger partial charge in [-0.05, 0) is 37.1 Å². The molecule has 0 spiro atoms. The van der Waals surface area contributed by atoms with E-state index in [1.165, 1.54) is 10.9 Å². The number of nitrogens with two attached hydrogens (primary N) is 1. The molecule has 24 heavy (non-hydrogen) atoms. The number of likely N-dealkylation sites (tertiary alicyclic amines) is 1. The second kappa shape index (κ2) is 8.09. The van der Waals surface area contributed by atoms with Crippen molar-refractivity contribution in [1.29, 1.82) is 0 Å². The second-order valence-electron chi connectivity index (χ2n) is 5.88. The summed E-state index contributed by atoms with van der Waals surface area (Å²) < 4.78 is 2.34. The van der Waals surface area contributed by atoms with Crippen LogP contribution >= 0.6 is 28.3 Å². The monoisotopic (exact) mass is 414 g/mol. The number of halogens is 2. The van der Waals surface area contributed by atoms with Crippen LogP contribution in [-0.4, -0.2) is 40.0 Å². The highest BCUT2D eigenvalue weighted by Crippen LogP contribution is 2.16. The van der Waals surface area contributed by atoms with Crippen LogP contribution in [0, 0.1) is 5.92 Å². The van der Waals surface area contributed by atoms with Crippen molar-refractivity contribution in [3.05, 3.63) is 39.4 Å². The van der Waals surface area contributed by atoms with Gasteiger partial charge >= 0.3 is 0 Å². The maximum atomic E-state index is 12.5. The molecular formula is C16H20BrClN4O2. The number of benzene rings is 1. The zero-order chi connectivity index (χ0) is 16.4. The summed E-state index contributed by atoms with van der Waals surface area (Å²) in [5, 5.41) is 0.554. The molecule has 1 aromatic heterocycles. The van der Waals surface area contributed by atoms with Gasteiger partial charge in [-0.1, -0.05) is 15.9 Å². The third-order valence-corrected chi connectivity index (χ3v) is 4.82. The van der Waals surface area contributed by atoms with Crippen molar-refractivity contribution in [3.8, 4) is 0 Å². The molecule has 1 saturated heterocycles. The molecule has 6 nitrogen and oxygen atoms in total. The van der Waals surface area contributed by atoms with E-state index >= 15 is 0 Å². The molecular weight excluding hydrogens is 396 g/mol. The number of carbonyl (C=O) groups excluding carboxylic acids is 1. The summed E-state index contributed by atoms with van der Waals surface area (Å²) in [4.78, 5) is 30.9. The molecule has 1 fully saturated rings. The predicted molar refractivity (Wildman–Crippen MR) is 99.3 cm³/mol. The van der Waals surface area contributed by atoms with Crippen molar-refractivity contribution in [1.82, 2.24) is 14.5 Å². The van der Waals surface area contributed by atoms with Gasteiger partial charge in [0, 0.05) is 30.5 Å². The van der Waals surface area contributed by atoms with E-state index in [1.807, 2.05) is 11.0 Å². The first-order valence-electron chi connectivity index (χ1n) is 7.71. The molecule has 0 saturated carbocycles. The summed E-state index contributed by atoms with van der Waals surface area (Å²) in [7, 11) is 0. The molecule has 8 heteroatoms. The lowest BCUT2D eigenvalue weighted by Gasteiger charge is -2.16. The number of hydrogen-bond donors (Lipinski definition) is 1. The fourth-order valence-corrected chi connectivity index (χ4v) is 3.28. The van der Waals surface area contributed by atoms with E-state index in [-0.39, 0.29) is 23.9 Å². The van der Waals surface area contributed by atoms with E-state index in [9.17, 15) is 9.59 Å². The van der Waals surface area contributed by atoms with Gasteiger partial charge in [0.1, 0.15) is 0 Å². The summed E-state index contributed by atoms with van der Waals surface area (Å²) in [6.07, 6.45) is 2.78. The summed E-state index contributed by atoms with van der Waals surface area (Å²) in [5.74, 6) is 0.476. The van der Waals surface area contributed by atoms with Gasteiger partial charge in [0.2, 0.25) is 5.91 Å². The number of carbonyl (C=O) groups is 1. The van der Waals surface area contributed by atoms with Crippen LogP contribution in [-0.2, 0) is 11.3 Å². The van der Waals surface area contributed by atoms with Crippen LogP contribution in [0.25, 0.3) is 10.9 Å². The Kier molecular flexibility index (Phi) is 6.37. The molecule has 130 valence electrons. The van der Waals surface area contributed by atoms with Gasteiger partial charge in [0.15, 0.2) is 0 Å². The quantitative estimate of drug-likeness (QED) is 0.825. The van der Waals surface area contributed by atoms with Gasteiger partial charge < -0.3 is 10.6 Å². The van der Waals surface area contributed by atoms with Gasteiger partial charge in [-0.25, -0.2) is 4.98 Å². The first kappa shape index (κ1) is 18.9. The Hall–Kier alpha value is -1.44. The summed E-state index contributed by atoms with van der Waals surface area (Å²) in [6, 6.07) is 5.41. The van der Waals surface area contributed by atoms with Crippen molar-refractivity contribution in [2.24, 2.45) is 11.7 Å². The van der Waals surface area contributed by atoms with E-state index in [0.29, 0.717) is 36.3 Å². The van der Waals surface area contributed by atoms with E-state index in [4.69, 9.17) is 5.73 Å². The van der Waals surface area contributed by atoms with Crippen LogP contribution in [0.15, 0.2) is 33.8 Å². The normalized spacial score (nSPS) is 17.1. The molecule has 2 aromatic rings. The van der Waals surface area contributed by atoms with Crippen molar-refractivity contribution in [3.63, 3.8) is 0 Å².